The quantitative estimate of drug-likeness (QED) is 0.489. The van der Waals surface area contributed by atoms with Crippen LogP contribution in [-0.2, 0) is 4.79 Å². The van der Waals surface area contributed by atoms with Crippen LogP contribution in [0.2, 0.25) is 0 Å². The molecule has 0 saturated heterocycles. The SMILES string of the molecule is C=CC(=O)Oc1ccc(-c2ccc(OC)c(F)c2)c(F)c1. The van der Waals surface area contributed by atoms with Gasteiger partial charge in [-0.15, -0.1) is 0 Å². The molecule has 0 aliphatic rings. The molecule has 0 amide bonds. The number of halogens is 2. The summed E-state index contributed by atoms with van der Waals surface area (Å²) in [4.78, 5) is 11.0. The molecule has 0 atom stereocenters. The number of benzene rings is 2. The van der Waals surface area contributed by atoms with E-state index in [9.17, 15) is 13.6 Å². The summed E-state index contributed by atoms with van der Waals surface area (Å²) in [6, 6.07) is 8.00. The molecule has 0 unspecified atom stereocenters. The summed E-state index contributed by atoms with van der Waals surface area (Å²) in [5.74, 6) is -1.77. The van der Waals surface area contributed by atoms with Crippen molar-refractivity contribution in [1.82, 2.24) is 0 Å². The lowest BCUT2D eigenvalue weighted by molar-refractivity contribution is -0.128. The molecule has 21 heavy (non-hydrogen) atoms. The molecule has 0 aliphatic heterocycles. The van der Waals surface area contributed by atoms with Crippen molar-refractivity contribution in [2.24, 2.45) is 0 Å². The molecule has 0 heterocycles. The summed E-state index contributed by atoms with van der Waals surface area (Å²) in [5, 5.41) is 0. The van der Waals surface area contributed by atoms with Gasteiger partial charge >= 0.3 is 5.97 Å². The number of hydrogen-bond donors (Lipinski definition) is 0. The number of hydrogen-bond acceptors (Lipinski definition) is 3. The van der Waals surface area contributed by atoms with Gasteiger partial charge in [-0.3, -0.25) is 0 Å². The Bertz CT molecular complexity index is 696. The zero-order chi connectivity index (χ0) is 15.4. The van der Waals surface area contributed by atoms with Crippen molar-refractivity contribution in [3.8, 4) is 22.6 Å². The minimum atomic E-state index is -0.683. The third-order valence-electron chi connectivity index (χ3n) is 2.79. The van der Waals surface area contributed by atoms with E-state index in [-0.39, 0.29) is 17.1 Å². The van der Waals surface area contributed by atoms with Gasteiger partial charge in [0.15, 0.2) is 11.6 Å². The van der Waals surface area contributed by atoms with Crippen LogP contribution >= 0.6 is 0 Å². The van der Waals surface area contributed by atoms with Gasteiger partial charge in [0.1, 0.15) is 11.6 Å². The molecular weight excluding hydrogens is 278 g/mol. The summed E-state index contributed by atoms with van der Waals surface area (Å²) in [6.07, 6.45) is 0.977. The Balaban J connectivity index is 2.34. The largest absolute Gasteiger partial charge is 0.494 e. The summed E-state index contributed by atoms with van der Waals surface area (Å²) in [7, 11) is 1.35. The van der Waals surface area contributed by atoms with Gasteiger partial charge in [0.05, 0.1) is 7.11 Å². The molecule has 5 heteroatoms. The van der Waals surface area contributed by atoms with Gasteiger partial charge in [0, 0.05) is 17.7 Å². The highest BCUT2D eigenvalue weighted by atomic mass is 19.1. The normalized spacial score (nSPS) is 10.0. The Kier molecular flexibility index (Phi) is 4.33. The van der Waals surface area contributed by atoms with Crippen molar-refractivity contribution in [2.45, 2.75) is 0 Å². The predicted molar refractivity (Wildman–Crippen MR) is 74.2 cm³/mol. The van der Waals surface area contributed by atoms with Gasteiger partial charge in [0.25, 0.3) is 0 Å². The van der Waals surface area contributed by atoms with E-state index in [1.807, 2.05) is 0 Å². The molecule has 0 fully saturated rings. The number of esters is 1. The van der Waals surface area contributed by atoms with Crippen LogP contribution in [0.25, 0.3) is 11.1 Å². The fourth-order valence-electron chi connectivity index (χ4n) is 1.79. The second kappa shape index (κ2) is 6.17. The molecule has 108 valence electrons. The monoisotopic (exact) mass is 290 g/mol. The van der Waals surface area contributed by atoms with Crippen LogP contribution in [0.15, 0.2) is 49.1 Å². The van der Waals surface area contributed by atoms with E-state index in [1.54, 1.807) is 0 Å². The fourth-order valence-corrected chi connectivity index (χ4v) is 1.79. The second-order valence-electron chi connectivity index (χ2n) is 4.12. The highest BCUT2D eigenvalue weighted by Gasteiger charge is 2.11. The number of methoxy groups -OCH3 is 1. The molecule has 0 spiro atoms. The predicted octanol–water partition coefficient (Wildman–Crippen LogP) is 3.73. The van der Waals surface area contributed by atoms with Gasteiger partial charge in [0.2, 0.25) is 0 Å². The molecule has 2 aromatic rings. The Labute approximate surface area is 120 Å². The molecule has 0 aliphatic carbocycles. The van der Waals surface area contributed by atoms with Crippen LogP contribution in [0.5, 0.6) is 11.5 Å². The number of ether oxygens (including phenoxy) is 2. The molecule has 3 nitrogen and oxygen atoms in total. The maximum absolute atomic E-state index is 14.0. The molecule has 0 radical (unpaired) electrons. The van der Waals surface area contributed by atoms with Crippen molar-refractivity contribution in [3.05, 3.63) is 60.7 Å². The molecule has 2 rings (SSSR count). The highest BCUT2D eigenvalue weighted by Crippen LogP contribution is 2.29. The standard InChI is InChI=1S/C16H12F2O3/c1-3-16(19)21-11-5-6-12(13(17)9-11)10-4-7-15(20-2)14(18)8-10/h3-9H,1H2,2H3. The van der Waals surface area contributed by atoms with Gasteiger partial charge in [-0.05, 0) is 29.8 Å². The molecule has 0 bridgehead atoms. The average Bonchev–Trinajstić information content (AvgIpc) is 2.47. The molecule has 0 saturated carbocycles. The Morgan fingerprint density at radius 1 is 1.14 bits per heavy atom. The Morgan fingerprint density at radius 2 is 1.90 bits per heavy atom. The molecule has 0 N–H and O–H groups in total. The third-order valence-corrected chi connectivity index (χ3v) is 2.79. The highest BCUT2D eigenvalue weighted by molar-refractivity contribution is 5.83. The van der Waals surface area contributed by atoms with E-state index < -0.39 is 17.6 Å². The lowest BCUT2D eigenvalue weighted by atomic mass is 10.0. The van der Waals surface area contributed by atoms with E-state index in [4.69, 9.17) is 9.47 Å². The van der Waals surface area contributed by atoms with Crippen molar-refractivity contribution >= 4 is 5.97 Å². The molecule has 2 aromatic carbocycles. The zero-order valence-corrected chi connectivity index (χ0v) is 11.2. The fraction of sp³-hybridized carbons (Fsp3) is 0.0625. The number of carbonyl (C=O) groups is 1. The lowest BCUT2D eigenvalue weighted by Crippen LogP contribution is -2.03. The summed E-state index contributed by atoms with van der Waals surface area (Å²) in [6.45, 7) is 3.25. The second-order valence-corrected chi connectivity index (χ2v) is 4.12. The maximum atomic E-state index is 14.0. The van der Waals surface area contributed by atoms with Crippen molar-refractivity contribution in [1.29, 1.82) is 0 Å². The smallest absolute Gasteiger partial charge is 0.335 e. The number of carbonyl (C=O) groups excluding carboxylic acids is 1. The average molecular weight is 290 g/mol. The minimum absolute atomic E-state index is 0.0510. The van der Waals surface area contributed by atoms with Gasteiger partial charge in [-0.1, -0.05) is 12.6 Å². The Hall–Kier alpha value is -2.69. The van der Waals surface area contributed by atoms with E-state index in [0.717, 1.165) is 12.1 Å². The third kappa shape index (κ3) is 3.25. The van der Waals surface area contributed by atoms with E-state index in [0.29, 0.717) is 5.56 Å². The van der Waals surface area contributed by atoms with Gasteiger partial charge in [-0.25, -0.2) is 13.6 Å². The molecule has 0 aromatic heterocycles. The van der Waals surface area contributed by atoms with Crippen LogP contribution in [0.1, 0.15) is 0 Å². The minimum Gasteiger partial charge on any atom is -0.494 e. The first-order chi connectivity index (χ1) is 10.0. The zero-order valence-electron chi connectivity index (χ0n) is 11.2. The van der Waals surface area contributed by atoms with Crippen molar-refractivity contribution < 1.29 is 23.0 Å². The van der Waals surface area contributed by atoms with E-state index in [2.05, 4.69) is 6.58 Å². The first-order valence-corrected chi connectivity index (χ1v) is 6.03. The number of rotatable bonds is 4. The van der Waals surface area contributed by atoms with E-state index in [1.165, 1.54) is 37.4 Å². The van der Waals surface area contributed by atoms with Crippen LogP contribution < -0.4 is 9.47 Å². The summed E-state index contributed by atoms with van der Waals surface area (Å²) >= 11 is 0. The topological polar surface area (TPSA) is 35.5 Å². The van der Waals surface area contributed by atoms with Crippen LogP contribution in [0.3, 0.4) is 0 Å². The van der Waals surface area contributed by atoms with Crippen LogP contribution in [-0.4, -0.2) is 13.1 Å². The van der Waals surface area contributed by atoms with Gasteiger partial charge in [-0.2, -0.15) is 0 Å². The Morgan fingerprint density at radius 3 is 2.48 bits per heavy atom. The lowest BCUT2D eigenvalue weighted by Gasteiger charge is -2.08. The molecular formula is C16H12F2O3. The summed E-state index contributed by atoms with van der Waals surface area (Å²) < 4.78 is 37.3. The first kappa shape index (κ1) is 14.7. The van der Waals surface area contributed by atoms with Crippen molar-refractivity contribution in [2.75, 3.05) is 7.11 Å². The van der Waals surface area contributed by atoms with E-state index >= 15 is 0 Å². The van der Waals surface area contributed by atoms with Gasteiger partial charge < -0.3 is 9.47 Å². The first-order valence-electron chi connectivity index (χ1n) is 6.03. The summed E-state index contributed by atoms with van der Waals surface area (Å²) in [5.41, 5.74) is 0.544. The van der Waals surface area contributed by atoms with Crippen molar-refractivity contribution in [3.63, 3.8) is 0 Å². The maximum Gasteiger partial charge on any atom is 0.335 e. The van der Waals surface area contributed by atoms with Crippen LogP contribution in [0, 0.1) is 11.6 Å². The van der Waals surface area contributed by atoms with Crippen LogP contribution in [0.4, 0.5) is 8.78 Å².